The van der Waals surface area contributed by atoms with Crippen molar-refractivity contribution in [2.75, 3.05) is 5.43 Å². The molecular formula is C14H9Cl3FN3O2. The van der Waals surface area contributed by atoms with Gasteiger partial charge in [0.15, 0.2) is 10.8 Å². The highest BCUT2D eigenvalue weighted by Crippen LogP contribution is 2.36. The number of nitrogens with one attached hydrogen (secondary N) is 1. The molecule has 0 atom stereocenters. The quantitative estimate of drug-likeness (QED) is 0.460. The molecular weight excluding hydrogens is 368 g/mol. The molecule has 120 valence electrons. The van der Waals surface area contributed by atoms with Gasteiger partial charge in [-0.05, 0) is 24.6 Å². The second kappa shape index (κ2) is 7.12. The monoisotopic (exact) mass is 375 g/mol. The van der Waals surface area contributed by atoms with Gasteiger partial charge in [0.25, 0.3) is 0 Å². The number of aromatic nitrogens is 1. The third-order valence-corrected chi connectivity index (χ3v) is 3.94. The number of rotatable bonds is 4. The molecule has 1 aromatic heterocycles. The lowest BCUT2D eigenvalue weighted by molar-refractivity contribution is 0.0691. The minimum Gasteiger partial charge on any atom is -0.476 e. The molecule has 0 fully saturated rings. The van der Waals surface area contributed by atoms with Crippen LogP contribution in [-0.4, -0.2) is 21.8 Å². The molecule has 2 aromatic rings. The van der Waals surface area contributed by atoms with Crippen LogP contribution < -0.4 is 5.43 Å². The van der Waals surface area contributed by atoms with Gasteiger partial charge in [0.05, 0.1) is 11.4 Å². The smallest absolute Gasteiger partial charge is 0.356 e. The number of benzene rings is 1. The lowest BCUT2D eigenvalue weighted by Crippen LogP contribution is -2.06. The lowest BCUT2D eigenvalue weighted by Gasteiger charge is -2.10. The molecule has 0 amide bonds. The van der Waals surface area contributed by atoms with Crippen molar-refractivity contribution in [2.24, 2.45) is 5.10 Å². The van der Waals surface area contributed by atoms with E-state index in [1.54, 1.807) is 19.1 Å². The molecule has 0 aliphatic carbocycles. The van der Waals surface area contributed by atoms with E-state index in [2.05, 4.69) is 15.5 Å². The Kier molecular flexibility index (Phi) is 5.41. The standard InChI is InChI=1S/C14H9Cl3FN3O2/c1-6(7-2-4-8(18)5-3-7)20-21-11-9(15)12(14(22)23)19-13(17)10(11)16/h2-5H,1H3,(H,19,21)(H,22,23)/b20-6-. The Labute approximate surface area is 145 Å². The molecule has 0 saturated carbocycles. The fourth-order valence-corrected chi connectivity index (χ4v) is 2.32. The van der Waals surface area contributed by atoms with Crippen LogP contribution in [0.3, 0.4) is 0 Å². The maximum absolute atomic E-state index is 12.9. The number of aromatic carboxylic acids is 1. The van der Waals surface area contributed by atoms with E-state index in [0.717, 1.165) is 0 Å². The van der Waals surface area contributed by atoms with E-state index in [4.69, 9.17) is 39.9 Å². The largest absolute Gasteiger partial charge is 0.476 e. The molecule has 1 heterocycles. The number of pyridine rings is 1. The van der Waals surface area contributed by atoms with Crippen LogP contribution >= 0.6 is 34.8 Å². The van der Waals surface area contributed by atoms with Crippen molar-refractivity contribution in [3.63, 3.8) is 0 Å². The number of hydrogen-bond donors (Lipinski definition) is 2. The number of halogens is 4. The van der Waals surface area contributed by atoms with Gasteiger partial charge in [0.2, 0.25) is 0 Å². The molecule has 0 aliphatic rings. The minimum atomic E-state index is -1.35. The van der Waals surface area contributed by atoms with Crippen LogP contribution in [0.5, 0.6) is 0 Å². The average Bonchev–Trinajstić information content (AvgIpc) is 2.51. The predicted molar refractivity (Wildman–Crippen MR) is 88.5 cm³/mol. The first-order chi connectivity index (χ1) is 10.8. The van der Waals surface area contributed by atoms with E-state index in [1.165, 1.54) is 12.1 Å². The fraction of sp³-hybridized carbons (Fsp3) is 0.0714. The van der Waals surface area contributed by atoms with Crippen molar-refractivity contribution in [2.45, 2.75) is 6.92 Å². The van der Waals surface area contributed by atoms with Crippen molar-refractivity contribution in [1.82, 2.24) is 4.98 Å². The number of hydrazone groups is 1. The van der Waals surface area contributed by atoms with Crippen LogP contribution in [-0.2, 0) is 0 Å². The van der Waals surface area contributed by atoms with Gasteiger partial charge in [-0.3, -0.25) is 5.43 Å². The number of carboxylic acids is 1. The SMILES string of the molecule is C/C(=N/Nc1c(Cl)c(Cl)nc(C(=O)O)c1Cl)c1ccc(F)cc1. The van der Waals surface area contributed by atoms with Crippen LogP contribution in [0.1, 0.15) is 23.0 Å². The summed E-state index contributed by atoms with van der Waals surface area (Å²) in [5.41, 5.74) is 3.31. The summed E-state index contributed by atoms with van der Waals surface area (Å²) >= 11 is 17.7. The van der Waals surface area contributed by atoms with E-state index in [-0.39, 0.29) is 26.7 Å². The van der Waals surface area contributed by atoms with Gasteiger partial charge >= 0.3 is 5.97 Å². The Hall–Kier alpha value is -1.89. The highest BCUT2D eigenvalue weighted by Gasteiger charge is 2.20. The Balaban J connectivity index is 2.38. The molecule has 9 heteroatoms. The number of carboxylic acid groups (broad SMARTS) is 1. The van der Waals surface area contributed by atoms with E-state index >= 15 is 0 Å². The van der Waals surface area contributed by atoms with Gasteiger partial charge in [0, 0.05) is 0 Å². The third kappa shape index (κ3) is 3.90. The topological polar surface area (TPSA) is 74.6 Å². The molecule has 2 N–H and O–H groups in total. The summed E-state index contributed by atoms with van der Waals surface area (Å²) in [7, 11) is 0. The molecule has 0 spiro atoms. The van der Waals surface area contributed by atoms with E-state index in [9.17, 15) is 9.18 Å². The molecule has 0 saturated heterocycles. The van der Waals surface area contributed by atoms with Crippen LogP contribution in [0.25, 0.3) is 0 Å². The zero-order valence-corrected chi connectivity index (χ0v) is 13.8. The van der Waals surface area contributed by atoms with E-state index in [0.29, 0.717) is 11.3 Å². The highest BCUT2D eigenvalue weighted by molar-refractivity contribution is 6.46. The molecule has 0 aliphatic heterocycles. The van der Waals surface area contributed by atoms with Crippen LogP contribution in [0.15, 0.2) is 29.4 Å². The van der Waals surface area contributed by atoms with Gasteiger partial charge in [0.1, 0.15) is 15.9 Å². The van der Waals surface area contributed by atoms with Crippen molar-refractivity contribution < 1.29 is 14.3 Å². The molecule has 1 aromatic carbocycles. The minimum absolute atomic E-state index is 0.0206. The molecule has 23 heavy (non-hydrogen) atoms. The molecule has 0 bridgehead atoms. The van der Waals surface area contributed by atoms with Gasteiger partial charge in [-0.2, -0.15) is 5.10 Å². The molecule has 0 unspecified atom stereocenters. The third-order valence-electron chi connectivity index (χ3n) is 2.84. The van der Waals surface area contributed by atoms with Gasteiger partial charge in [-0.25, -0.2) is 14.2 Å². The van der Waals surface area contributed by atoms with Gasteiger partial charge in [-0.1, -0.05) is 46.9 Å². The van der Waals surface area contributed by atoms with Crippen molar-refractivity contribution in [1.29, 1.82) is 0 Å². The van der Waals surface area contributed by atoms with Gasteiger partial charge < -0.3 is 5.11 Å². The predicted octanol–water partition coefficient (Wildman–Crippen LogP) is 4.72. The first-order valence-corrected chi connectivity index (χ1v) is 7.28. The van der Waals surface area contributed by atoms with Crippen LogP contribution in [0.2, 0.25) is 15.2 Å². The maximum atomic E-state index is 12.9. The van der Waals surface area contributed by atoms with E-state index in [1.807, 2.05) is 0 Å². The van der Waals surface area contributed by atoms with Crippen LogP contribution in [0, 0.1) is 5.82 Å². The molecule has 0 radical (unpaired) electrons. The number of hydrogen-bond acceptors (Lipinski definition) is 4. The van der Waals surface area contributed by atoms with Crippen molar-refractivity contribution >= 4 is 52.2 Å². The summed E-state index contributed by atoms with van der Waals surface area (Å²) in [5.74, 6) is -1.72. The Morgan fingerprint density at radius 3 is 2.39 bits per heavy atom. The fourth-order valence-electron chi connectivity index (χ4n) is 1.65. The first kappa shape index (κ1) is 17.5. The average molecular weight is 377 g/mol. The summed E-state index contributed by atoms with van der Waals surface area (Å²) in [6.07, 6.45) is 0. The van der Waals surface area contributed by atoms with Crippen molar-refractivity contribution in [3.05, 3.63) is 56.5 Å². The number of anilines is 1. The zero-order valence-electron chi connectivity index (χ0n) is 11.6. The summed E-state index contributed by atoms with van der Waals surface area (Å²) in [6.45, 7) is 1.67. The van der Waals surface area contributed by atoms with Gasteiger partial charge in [-0.15, -0.1) is 0 Å². The Bertz CT molecular complexity index is 795. The zero-order chi connectivity index (χ0) is 17.1. The summed E-state index contributed by atoms with van der Waals surface area (Å²) < 4.78 is 12.9. The summed E-state index contributed by atoms with van der Waals surface area (Å²) in [5, 5.41) is 12.6. The number of carbonyl (C=O) groups is 1. The van der Waals surface area contributed by atoms with E-state index < -0.39 is 11.7 Å². The Morgan fingerprint density at radius 1 is 1.22 bits per heavy atom. The summed E-state index contributed by atoms with van der Waals surface area (Å²) in [4.78, 5) is 14.7. The van der Waals surface area contributed by atoms with Crippen LogP contribution in [0.4, 0.5) is 10.1 Å². The second-order valence-corrected chi connectivity index (χ2v) is 5.49. The number of nitrogens with zero attached hydrogens (tertiary/aromatic N) is 2. The molecule has 2 rings (SSSR count). The normalized spacial score (nSPS) is 11.4. The molecule has 5 nitrogen and oxygen atoms in total. The highest BCUT2D eigenvalue weighted by atomic mass is 35.5. The second-order valence-electron chi connectivity index (χ2n) is 4.38. The van der Waals surface area contributed by atoms with Crippen molar-refractivity contribution in [3.8, 4) is 0 Å². The first-order valence-electron chi connectivity index (χ1n) is 6.15. The maximum Gasteiger partial charge on any atom is 0.356 e. The summed E-state index contributed by atoms with van der Waals surface area (Å²) in [6, 6.07) is 5.67. The lowest BCUT2D eigenvalue weighted by atomic mass is 10.1. The Morgan fingerprint density at radius 2 is 1.83 bits per heavy atom.